The summed E-state index contributed by atoms with van der Waals surface area (Å²) in [6, 6.07) is 15.8. The van der Waals surface area contributed by atoms with Crippen LogP contribution in [0.4, 0.5) is 5.69 Å². The van der Waals surface area contributed by atoms with E-state index in [0.717, 1.165) is 47.5 Å². The number of carbonyl (C=O) groups excluding carboxylic acids is 1. The molecule has 2 rings (SSSR count). The van der Waals surface area contributed by atoms with E-state index in [2.05, 4.69) is 24.3 Å². The minimum atomic E-state index is 0.796. The van der Waals surface area contributed by atoms with E-state index in [0.29, 0.717) is 0 Å². The molecule has 126 valence electrons. The Balaban J connectivity index is 2.16. The fourth-order valence-electron chi connectivity index (χ4n) is 2.39. The molecule has 0 spiro atoms. The van der Waals surface area contributed by atoms with Crippen molar-refractivity contribution in [3.63, 3.8) is 0 Å². The Kier molecular flexibility index (Phi) is 6.58. The molecule has 0 saturated heterocycles. The fourth-order valence-corrected chi connectivity index (χ4v) is 2.39. The van der Waals surface area contributed by atoms with Crippen LogP contribution in [0, 0.1) is 0 Å². The van der Waals surface area contributed by atoms with Gasteiger partial charge in [0.1, 0.15) is 12.0 Å². The molecular formula is C20H24N2O2. The molecule has 0 bridgehead atoms. The topological polar surface area (TPSA) is 41.6 Å². The zero-order chi connectivity index (χ0) is 17.4. The van der Waals surface area contributed by atoms with Crippen LogP contribution < -0.4 is 10.1 Å². The third-order valence-corrected chi connectivity index (χ3v) is 3.72. The van der Waals surface area contributed by atoms with E-state index in [-0.39, 0.29) is 0 Å². The first-order valence-corrected chi connectivity index (χ1v) is 7.93. The summed E-state index contributed by atoms with van der Waals surface area (Å²) in [5.74, 6) is 0.796. The molecule has 0 unspecified atom stereocenters. The van der Waals surface area contributed by atoms with E-state index in [1.165, 1.54) is 0 Å². The molecule has 0 radical (unpaired) electrons. The molecule has 4 nitrogen and oxygen atoms in total. The number of methoxy groups -OCH3 is 1. The molecular weight excluding hydrogens is 300 g/mol. The summed E-state index contributed by atoms with van der Waals surface area (Å²) in [5, 5.41) is 3.38. The first-order chi connectivity index (χ1) is 11.6. The standard InChI is InChI=1S/C20H24N2O2/c1-22(2)14-13-21-18-8-4-16(5-9-18)20(12-15-23)17-6-10-19(24-3)11-7-17/h4-12,15,21H,13-14H2,1-3H3. The Morgan fingerprint density at radius 1 is 1.04 bits per heavy atom. The van der Waals surface area contributed by atoms with Gasteiger partial charge in [-0.1, -0.05) is 24.3 Å². The van der Waals surface area contributed by atoms with E-state index >= 15 is 0 Å². The Hall–Kier alpha value is -2.59. The minimum Gasteiger partial charge on any atom is -0.497 e. The summed E-state index contributed by atoms with van der Waals surface area (Å²) in [5.41, 5.74) is 3.95. The Morgan fingerprint density at radius 3 is 2.12 bits per heavy atom. The highest BCUT2D eigenvalue weighted by atomic mass is 16.5. The van der Waals surface area contributed by atoms with Gasteiger partial charge >= 0.3 is 0 Å². The number of aldehydes is 1. The van der Waals surface area contributed by atoms with Crippen molar-refractivity contribution in [1.29, 1.82) is 0 Å². The van der Waals surface area contributed by atoms with Crippen molar-refractivity contribution in [2.75, 3.05) is 39.6 Å². The van der Waals surface area contributed by atoms with Gasteiger partial charge in [-0.05, 0) is 61.1 Å². The van der Waals surface area contributed by atoms with Gasteiger partial charge in [0.2, 0.25) is 0 Å². The predicted octanol–water partition coefficient (Wildman–Crippen LogP) is 3.30. The zero-order valence-electron chi connectivity index (χ0n) is 14.5. The van der Waals surface area contributed by atoms with E-state index in [1.807, 2.05) is 48.5 Å². The SMILES string of the molecule is COc1ccc(C(=CC=O)c2ccc(NCCN(C)C)cc2)cc1. The number of rotatable bonds is 8. The molecule has 0 aromatic heterocycles. The highest BCUT2D eigenvalue weighted by molar-refractivity contribution is 5.90. The normalized spacial score (nSPS) is 11.4. The number of likely N-dealkylation sites (N-methyl/N-ethyl adjacent to an activating group) is 1. The number of anilines is 1. The number of benzene rings is 2. The van der Waals surface area contributed by atoms with Crippen molar-refractivity contribution in [2.24, 2.45) is 0 Å². The third kappa shape index (κ3) is 4.96. The summed E-state index contributed by atoms with van der Waals surface area (Å²) in [7, 11) is 5.74. The lowest BCUT2D eigenvalue weighted by Crippen LogP contribution is -2.20. The molecule has 0 atom stereocenters. The van der Waals surface area contributed by atoms with Crippen molar-refractivity contribution in [3.8, 4) is 5.75 Å². The maximum Gasteiger partial charge on any atom is 0.143 e. The lowest BCUT2D eigenvalue weighted by atomic mass is 9.97. The van der Waals surface area contributed by atoms with Crippen LogP contribution in [0.25, 0.3) is 5.57 Å². The second-order valence-electron chi connectivity index (χ2n) is 5.75. The molecule has 4 heteroatoms. The van der Waals surface area contributed by atoms with Gasteiger partial charge in [0.05, 0.1) is 7.11 Å². The second-order valence-corrected chi connectivity index (χ2v) is 5.75. The largest absolute Gasteiger partial charge is 0.497 e. The molecule has 1 N–H and O–H groups in total. The Bertz CT molecular complexity index is 674. The number of allylic oxidation sites excluding steroid dienone is 1. The van der Waals surface area contributed by atoms with Crippen LogP contribution >= 0.6 is 0 Å². The van der Waals surface area contributed by atoms with Crippen LogP contribution in [0.3, 0.4) is 0 Å². The van der Waals surface area contributed by atoms with Gasteiger partial charge in [-0.3, -0.25) is 4.79 Å². The van der Waals surface area contributed by atoms with Crippen molar-refractivity contribution < 1.29 is 9.53 Å². The van der Waals surface area contributed by atoms with Crippen molar-refractivity contribution in [2.45, 2.75) is 0 Å². The minimum absolute atomic E-state index is 0.796. The fraction of sp³-hybridized carbons (Fsp3) is 0.250. The van der Waals surface area contributed by atoms with Gasteiger partial charge < -0.3 is 15.0 Å². The molecule has 2 aromatic rings. The highest BCUT2D eigenvalue weighted by Gasteiger charge is 2.06. The van der Waals surface area contributed by atoms with Crippen molar-refractivity contribution >= 4 is 17.5 Å². The first kappa shape index (κ1) is 17.8. The number of ether oxygens (including phenoxy) is 1. The quantitative estimate of drug-likeness (QED) is 0.597. The van der Waals surface area contributed by atoms with Crippen LogP contribution in [-0.4, -0.2) is 45.5 Å². The molecule has 0 saturated carbocycles. The molecule has 0 amide bonds. The maximum absolute atomic E-state index is 11.0. The summed E-state index contributed by atoms with van der Waals surface area (Å²) in [4.78, 5) is 13.2. The molecule has 0 aliphatic carbocycles. The van der Waals surface area contributed by atoms with Crippen LogP contribution in [0.15, 0.2) is 54.6 Å². The van der Waals surface area contributed by atoms with Crippen LogP contribution in [0.1, 0.15) is 11.1 Å². The van der Waals surface area contributed by atoms with Gasteiger partial charge in [0.15, 0.2) is 0 Å². The molecule has 0 aliphatic heterocycles. The van der Waals surface area contributed by atoms with Crippen LogP contribution in [0.2, 0.25) is 0 Å². The Labute approximate surface area is 143 Å². The van der Waals surface area contributed by atoms with E-state index in [4.69, 9.17) is 4.74 Å². The summed E-state index contributed by atoms with van der Waals surface area (Å²) in [6.07, 6.45) is 2.42. The molecule has 2 aromatic carbocycles. The second kappa shape index (κ2) is 8.89. The van der Waals surface area contributed by atoms with Crippen LogP contribution in [0.5, 0.6) is 5.75 Å². The zero-order valence-corrected chi connectivity index (χ0v) is 14.5. The number of hydrogen-bond acceptors (Lipinski definition) is 4. The smallest absolute Gasteiger partial charge is 0.143 e. The lowest BCUT2D eigenvalue weighted by molar-refractivity contribution is -0.104. The van der Waals surface area contributed by atoms with Gasteiger partial charge in [-0.15, -0.1) is 0 Å². The van der Waals surface area contributed by atoms with Gasteiger partial charge in [-0.25, -0.2) is 0 Å². The lowest BCUT2D eigenvalue weighted by Gasteiger charge is -2.13. The van der Waals surface area contributed by atoms with Crippen molar-refractivity contribution in [1.82, 2.24) is 4.90 Å². The van der Waals surface area contributed by atoms with E-state index < -0.39 is 0 Å². The molecule has 0 aliphatic rings. The summed E-state index contributed by atoms with van der Waals surface area (Å²) in [6.45, 7) is 1.87. The number of nitrogens with zero attached hydrogens (tertiary/aromatic N) is 1. The molecule has 0 heterocycles. The monoisotopic (exact) mass is 324 g/mol. The van der Waals surface area contributed by atoms with E-state index in [1.54, 1.807) is 13.2 Å². The number of carbonyl (C=O) groups is 1. The number of hydrogen-bond donors (Lipinski definition) is 1. The van der Waals surface area contributed by atoms with Gasteiger partial charge in [0.25, 0.3) is 0 Å². The Morgan fingerprint density at radius 2 is 1.62 bits per heavy atom. The van der Waals surface area contributed by atoms with Gasteiger partial charge in [0, 0.05) is 18.8 Å². The average molecular weight is 324 g/mol. The van der Waals surface area contributed by atoms with Gasteiger partial charge in [-0.2, -0.15) is 0 Å². The average Bonchev–Trinajstić information content (AvgIpc) is 2.60. The predicted molar refractivity (Wildman–Crippen MR) is 99.6 cm³/mol. The van der Waals surface area contributed by atoms with Crippen molar-refractivity contribution in [3.05, 3.63) is 65.7 Å². The third-order valence-electron chi connectivity index (χ3n) is 3.72. The van der Waals surface area contributed by atoms with E-state index in [9.17, 15) is 4.79 Å². The maximum atomic E-state index is 11.0. The summed E-state index contributed by atoms with van der Waals surface area (Å²) >= 11 is 0. The summed E-state index contributed by atoms with van der Waals surface area (Å²) < 4.78 is 5.18. The highest BCUT2D eigenvalue weighted by Crippen LogP contribution is 2.26. The molecule has 0 fully saturated rings. The first-order valence-electron chi connectivity index (χ1n) is 7.93. The number of nitrogens with one attached hydrogen (secondary N) is 1. The molecule has 24 heavy (non-hydrogen) atoms. The van der Waals surface area contributed by atoms with Crippen LogP contribution in [-0.2, 0) is 4.79 Å².